The highest BCUT2D eigenvalue weighted by Crippen LogP contribution is 2.26. The van der Waals surface area contributed by atoms with Gasteiger partial charge in [-0.3, -0.25) is 14.6 Å². The lowest BCUT2D eigenvalue weighted by Crippen LogP contribution is -2.38. The van der Waals surface area contributed by atoms with Gasteiger partial charge in [-0.05, 0) is 55.4 Å². The van der Waals surface area contributed by atoms with Crippen molar-refractivity contribution in [1.82, 2.24) is 20.0 Å². The average Bonchev–Trinajstić information content (AvgIpc) is 3.24. The number of halogens is 1. The number of rotatable bonds is 5. The third kappa shape index (κ3) is 9.21. The summed E-state index contributed by atoms with van der Waals surface area (Å²) in [6.07, 6.45) is 2.30. The van der Waals surface area contributed by atoms with Crippen LogP contribution in [0.15, 0.2) is 9.79 Å². The van der Waals surface area contributed by atoms with Crippen LogP contribution >= 0.6 is 15.9 Å². The number of aryl methyl sites for hydroxylation is 3. The molecule has 37 heavy (non-hydrogen) atoms. The summed E-state index contributed by atoms with van der Waals surface area (Å²) in [6.45, 7) is 13.3. The fourth-order valence-electron chi connectivity index (χ4n) is 3.38. The maximum atomic E-state index is 11.7. The summed E-state index contributed by atoms with van der Waals surface area (Å²) in [5.41, 5.74) is 0.902. The second-order valence-electron chi connectivity index (χ2n) is 9.23. The van der Waals surface area contributed by atoms with E-state index in [0.29, 0.717) is 27.7 Å². The number of ether oxygens (including phenoxy) is 2. The number of nitrogens with one attached hydrogen (secondary N) is 1. The number of hydrogen-bond acceptors (Lipinski definition) is 10. The van der Waals surface area contributed by atoms with Crippen molar-refractivity contribution < 1.29 is 35.9 Å². The zero-order valence-electron chi connectivity index (χ0n) is 23.3. The number of aromatic nitrogens is 4. The minimum atomic E-state index is -3.37. The predicted octanol–water partition coefficient (Wildman–Crippen LogP) is 2.57. The fraction of sp³-hybridized carbons (Fsp3) is 0.636. The highest BCUT2D eigenvalue weighted by Gasteiger charge is 2.35. The lowest BCUT2D eigenvalue weighted by molar-refractivity contribution is -0.150. The molecular formula is C22H37BrN4O8S2. The Morgan fingerprint density at radius 2 is 1.27 bits per heavy atom. The molecule has 0 fully saturated rings. The summed E-state index contributed by atoms with van der Waals surface area (Å²) in [7, 11) is -3.83. The molecule has 0 aliphatic heterocycles. The van der Waals surface area contributed by atoms with E-state index >= 15 is 0 Å². The Labute approximate surface area is 227 Å². The first-order valence-corrected chi connectivity index (χ1v) is 15.4. The first kappa shape index (κ1) is 34.7. The van der Waals surface area contributed by atoms with E-state index in [2.05, 4.69) is 36.0 Å². The van der Waals surface area contributed by atoms with Crippen LogP contribution < -0.4 is 0 Å². The molecular weight excluding hydrogens is 592 g/mol. The Bertz CT molecular complexity index is 1320. The summed E-state index contributed by atoms with van der Waals surface area (Å²) < 4.78 is 55.5. The number of aromatic amines is 1. The first-order valence-electron chi connectivity index (χ1n) is 10.8. The maximum Gasteiger partial charge on any atom is 0.333 e. The van der Waals surface area contributed by atoms with Crippen molar-refractivity contribution >= 4 is 47.5 Å². The number of H-pyrrole nitrogens is 1. The van der Waals surface area contributed by atoms with Gasteiger partial charge >= 0.3 is 11.9 Å². The number of esters is 2. The van der Waals surface area contributed by atoms with Crippen LogP contribution in [0.2, 0.25) is 0 Å². The summed E-state index contributed by atoms with van der Waals surface area (Å²) in [4.78, 5) is 22.8. The van der Waals surface area contributed by atoms with E-state index in [4.69, 9.17) is 4.74 Å². The van der Waals surface area contributed by atoms with Gasteiger partial charge in [-0.2, -0.15) is 10.2 Å². The van der Waals surface area contributed by atoms with E-state index < -0.39 is 35.5 Å². The number of carbonyl (C=O) groups is 2. The molecule has 0 spiro atoms. The molecule has 0 saturated carbocycles. The van der Waals surface area contributed by atoms with Crippen LogP contribution in [0.4, 0.5) is 0 Å². The van der Waals surface area contributed by atoms with E-state index in [9.17, 15) is 26.4 Å². The number of nitrogens with zero attached hydrogens (tertiary/aromatic N) is 3. The van der Waals surface area contributed by atoms with Crippen LogP contribution in [-0.4, -0.2) is 79.8 Å². The molecule has 0 aromatic carbocycles. The van der Waals surface area contributed by atoms with Gasteiger partial charge in [0.15, 0.2) is 25.2 Å². The van der Waals surface area contributed by atoms with Crippen LogP contribution in [0.1, 0.15) is 50.5 Å². The largest absolute Gasteiger partial charge is 0.468 e. The van der Waals surface area contributed by atoms with Crippen LogP contribution in [-0.2, 0) is 44.3 Å². The van der Waals surface area contributed by atoms with Crippen molar-refractivity contribution in [2.24, 2.45) is 0 Å². The molecule has 2 aromatic heterocycles. The maximum absolute atomic E-state index is 11.7. The predicted molar refractivity (Wildman–Crippen MR) is 142 cm³/mol. The van der Waals surface area contributed by atoms with Gasteiger partial charge in [-0.15, -0.1) is 0 Å². The molecule has 0 atom stereocenters. The molecule has 12 nitrogen and oxygen atoms in total. The molecule has 0 unspecified atom stereocenters. The first-order chi connectivity index (χ1) is 16.4. The molecule has 0 aliphatic rings. The Balaban J connectivity index is 0.000000580. The molecule has 2 aromatic rings. The number of sulfone groups is 2. The zero-order valence-corrected chi connectivity index (χ0v) is 26.5. The summed E-state index contributed by atoms with van der Waals surface area (Å²) in [5.74, 6) is -0.731. The molecule has 212 valence electrons. The molecule has 0 saturated heterocycles. The molecule has 1 N–H and O–H groups in total. The van der Waals surface area contributed by atoms with Crippen LogP contribution in [0.3, 0.4) is 0 Å². The topological polar surface area (TPSA) is 167 Å². The molecule has 15 heteroatoms. The standard InChI is InChI=1S/C11H18N2O4S.C6H10N2O2S.C5H9BrO2/c1-7-9(18(6,15)16)8(2)13(12-7)11(3,4)10(14)17-5;1-4-6(11(3,9)10)5(2)8-7-4;1-5(2,6)4(7)8-3/h1-6H3;1-3H3,(H,7,8);1-3H3. The second kappa shape index (κ2) is 12.5. The molecule has 0 amide bonds. The minimum absolute atomic E-state index is 0.166. The zero-order chi connectivity index (χ0) is 29.7. The highest BCUT2D eigenvalue weighted by atomic mass is 79.9. The van der Waals surface area contributed by atoms with Gasteiger partial charge in [0, 0.05) is 12.5 Å². The normalized spacial score (nSPS) is 12.0. The summed E-state index contributed by atoms with van der Waals surface area (Å²) in [5, 5.41) is 10.5. The molecule has 0 radical (unpaired) electrons. The van der Waals surface area contributed by atoms with Crippen LogP contribution in [0.5, 0.6) is 0 Å². The monoisotopic (exact) mass is 628 g/mol. The van der Waals surface area contributed by atoms with Gasteiger partial charge < -0.3 is 9.47 Å². The van der Waals surface area contributed by atoms with Gasteiger partial charge in [-0.25, -0.2) is 21.6 Å². The Kier molecular flexibility index (Phi) is 11.8. The van der Waals surface area contributed by atoms with E-state index in [0.717, 1.165) is 6.26 Å². The van der Waals surface area contributed by atoms with Gasteiger partial charge in [0.1, 0.15) is 14.1 Å². The van der Waals surface area contributed by atoms with E-state index in [-0.39, 0.29) is 10.9 Å². The van der Waals surface area contributed by atoms with E-state index in [1.54, 1.807) is 55.4 Å². The van der Waals surface area contributed by atoms with Gasteiger partial charge in [0.25, 0.3) is 0 Å². The van der Waals surface area contributed by atoms with Gasteiger partial charge in [0.2, 0.25) is 0 Å². The third-order valence-corrected chi connectivity index (χ3v) is 7.91. The lowest BCUT2D eigenvalue weighted by atomic mass is 10.1. The molecule has 2 heterocycles. The van der Waals surface area contributed by atoms with Crippen molar-refractivity contribution in [3.8, 4) is 0 Å². The smallest absolute Gasteiger partial charge is 0.333 e. The number of methoxy groups -OCH3 is 2. The number of carbonyl (C=O) groups excluding carboxylic acids is 2. The molecule has 0 bridgehead atoms. The van der Waals surface area contributed by atoms with Crippen molar-refractivity contribution in [2.45, 2.75) is 75.0 Å². The number of alkyl halides is 1. The van der Waals surface area contributed by atoms with Crippen LogP contribution in [0, 0.1) is 27.7 Å². The Morgan fingerprint density at radius 3 is 1.49 bits per heavy atom. The SMILES string of the molecule is COC(=O)C(C)(C)Br.COC(=O)C(C)(C)n1nc(C)c(S(C)(=O)=O)c1C.Cc1n[nH]c(C)c1S(C)(=O)=O. The molecule has 2 rings (SSSR count). The summed E-state index contributed by atoms with van der Waals surface area (Å²) in [6, 6.07) is 0. The van der Waals surface area contributed by atoms with Crippen molar-refractivity contribution in [2.75, 3.05) is 26.7 Å². The van der Waals surface area contributed by atoms with Crippen LogP contribution in [0.25, 0.3) is 0 Å². The second-order valence-corrected chi connectivity index (χ2v) is 15.1. The summed E-state index contributed by atoms with van der Waals surface area (Å²) >= 11 is 3.13. The number of hydrogen-bond donors (Lipinski definition) is 1. The average molecular weight is 630 g/mol. The fourth-order valence-corrected chi connectivity index (χ4v) is 5.92. The lowest BCUT2D eigenvalue weighted by Gasteiger charge is -2.23. The molecule has 0 aliphatic carbocycles. The quantitative estimate of drug-likeness (QED) is 0.384. The van der Waals surface area contributed by atoms with Gasteiger partial charge in [0.05, 0.1) is 37.0 Å². The minimum Gasteiger partial charge on any atom is -0.468 e. The van der Waals surface area contributed by atoms with Crippen molar-refractivity contribution in [1.29, 1.82) is 0 Å². The van der Waals surface area contributed by atoms with E-state index in [1.807, 2.05) is 0 Å². The Hall–Kier alpha value is -2.26. The Morgan fingerprint density at radius 1 is 0.838 bits per heavy atom. The highest BCUT2D eigenvalue weighted by molar-refractivity contribution is 9.10. The van der Waals surface area contributed by atoms with Crippen molar-refractivity contribution in [3.63, 3.8) is 0 Å². The van der Waals surface area contributed by atoms with E-state index in [1.165, 1.54) is 25.2 Å². The third-order valence-electron chi connectivity index (χ3n) is 4.91. The van der Waals surface area contributed by atoms with Crippen molar-refractivity contribution in [3.05, 3.63) is 22.8 Å². The van der Waals surface area contributed by atoms with Gasteiger partial charge in [-0.1, -0.05) is 15.9 Å².